The molecule has 0 unspecified atom stereocenters. The maximum Gasteiger partial charge on any atom is 0.262 e. The van der Waals surface area contributed by atoms with Gasteiger partial charge in [-0.1, -0.05) is 38.1 Å². The van der Waals surface area contributed by atoms with Crippen LogP contribution < -0.4 is 5.56 Å². The van der Waals surface area contributed by atoms with Crippen LogP contribution >= 0.6 is 0 Å². The first kappa shape index (κ1) is 11.4. The van der Waals surface area contributed by atoms with Crippen molar-refractivity contribution < 1.29 is 5.11 Å². The number of nitrogens with one attached hydrogen (secondary N) is 1. The number of aromatic amines is 1. The third kappa shape index (κ3) is 2.20. The fourth-order valence-electron chi connectivity index (χ4n) is 1.69. The quantitative estimate of drug-likeness (QED) is 0.831. The molecule has 0 aliphatic carbocycles. The molecule has 1 aromatic heterocycles. The lowest BCUT2D eigenvalue weighted by Crippen LogP contribution is -2.09. The number of benzene rings is 1. The summed E-state index contributed by atoms with van der Waals surface area (Å²) in [6, 6.07) is 7.54. The highest BCUT2D eigenvalue weighted by atomic mass is 16.3. The minimum Gasteiger partial charge on any atom is -0.493 e. The smallest absolute Gasteiger partial charge is 0.262 e. The van der Waals surface area contributed by atoms with Gasteiger partial charge in [-0.05, 0) is 17.0 Å². The molecule has 0 aliphatic rings. The molecule has 1 aromatic carbocycles. The van der Waals surface area contributed by atoms with Gasteiger partial charge in [-0.25, -0.2) is 4.98 Å². The van der Waals surface area contributed by atoms with Crippen LogP contribution in [0.1, 0.15) is 25.3 Å². The summed E-state index contributed by atoms with van der Waals surface area (Å²) < 4.78 is 0. The molecule has 0 atom stereocenters. The van der Waals surface area contributed by atoms with Gasteiger partial charge in [0, 0.05) is 0 Å². The summed E-state index contributed by atoms with van der Waals surface area (Å²) in [4.78, 5) is 17.7. The molecule has 2 N–H and O–H groups in total. The van der Waals surface area contributed by atoms with Crippen molar-refractivity contribution in [2.75, 3.05) is 0 Å². The van der Waals surface area contributed by atoms with Gasteiger partial charge in [-0.2, -0.15) is 0 Å². The predicted molar refractivity (Wildman–Crippen MR) is 66.0 cm³/mol. The average molecular weight is 230 g/mol. The van der Waals surface area contributed by atoms with E-state index in [1.807, 2.05) is 24.3 Å². The van der Waals surface area contributed by atoms with Crippen molar-refractivity contribution >= 4 is 0 Å². The average Bonchev–Trinajstić information content (AvgIpc) is 2.29. The third-order valence-corrected chi connectivity index (χ3v) is 2.70. The van der Waals surface area contributed by atoms with Gasteiger partial charge in [-0.15, -0.1) is 0 Å². The van der Waals surface area contributed by atoms with Crippen molar-refractivity contribution in [3.8, 4) is 17.0 Å². The summed E-state index contributed by atoms with van der Waals surface area (Å²) in [5.41, 5.74) is 1.73. The molecule has 2 rings (SSSR count). The van der Waals surface area contributed by atoms with Crippen molar-refractivity contribution in [1.29, 1.82) is 0 Å². The van der Waals surface area contributed by atoms with Gasteiger partial charge in [0.25, 0.3) is 5.56 Å². The Kier molecular flexibility index (Phi) is 2.95. The summed E-state index contributed by atoms with van der Waals surface area (Å²) in [5.74, 6) is 0.191. The van der Waals surface area contributed by atoms with E-state index in [0.717, 1.165) is 0 Å². The minimum atomic E-state index is -0.338. The van der Waals surface area contributed by atoms with E-state index in [4.69, 9.17) is 0 Å². The van der Waals surface area contributed by atoms with Gasteiger partial charge in [0.15, 0.2) is 0 Å². The topological polar surface area (TPSA) is 66.0 Å². The molecule has 4 nitrogen and oxygen atoms in total. The van der Waals surface area contributed by atoms with Crippen LogP contribution in [-0.4, -0.2) is 15.1 Å². The van der Waals surface area contributed by atoms with Crippen molar-refractivity contribution in [2.45, 2.75) is 19.8 Å². The van der Waals surface area contributed by atoms with E-state index in [-0.39, 0.29) is 17.0 Å². The zero-order valence-electron chi connectivity index (χ0n) is 9.77. The van der Waals surface area contributed by atoms with Crippen LogP contribution in [0.2, 0.25) is 0 Å². The van der Waals surface area contributed by atoms with Crippen LogP contribution in [-0.2, 0) is 0 Å². The first-order chi connectivity index (χ1) is 8.09. The summed E-state index contributed by atoms with van der Waals surface area (Å²) >= 11 is 0. The van der Waals surface area contributed by atoms with Crippen LogP contribution in [0.5, 0.6) is 5.88 Å². The van der Waals surface area contributed by atoms with Crippen molar-refractivity contribution in [1.82, 2.24) is 9.97 Å². The molecule has 0 saturated carbocycles. The molecule has 0 fully saturated rings. The Morgan fingerprint density at radius 3 is 2.41 bits per heavy atom. The number of hydrogen-bond acceptors (Lipinski definition) is 3. The summed E-state index contributed by atoms with van der Waals surface area (Å²) in [6.45, 7) is 4.20. The van der Waals surface area contributed by atoms with Gasteiger partial charge >= 0.3 is 0 Å². The summed E-state index contributed by atoms with van der Waals surface area (Å²) in [7, 11) is 0. The van der Waals surface area contributed by atoms with E-state index in [1.165, 1.54) is 11.9 Å². The van der Waals surface area contributed by atoms with Gasteiger partial charge in [-0.3, -0.25) is 4.79 Å². The Bertz CT molecular complexity index is 571. The SMILES string of the molecule is CC(C)c1ccc(-c2c(O)nc[nH]c2=O)cc1. The molecular formula is C13H14N2O2. The largest absolute Gasteiger partial charge is 0.493 e. The lowest BCUT2D eigenvalue weighted by molar-refractivity contribution is 0.453. The number of H-pyrrole nitrogens is 1. The molecule has 17 heavy (non-hydrogen) atoms. The van der Waals surface area contributed by atoms with E-state index < -0.39 is 0 Å². The Balaban J connectivity index is 2.51. The number of aromatic nitrogens is 2. The number of nitrogens with zero attached hydrogens (tertiary/aromatic N) is 1. The molecular weight excluding hydrogens is 216 g/mol. The zero-order chi connectivity index (χ0) is 12.4. The maximum atomic E-state index is 11.6. The second kappa shape index (κ2) is 4.41. The predicted octanol–water partition coefficient (Wildman–Crippen LogP) is 2.27. The maximum absolute atomic E-state index is 11.6. The minimum absolute atomic E-state index is 0.211. The molecule has 0 bridgehead atoms. The van der Waals surface area contributed by atoms with Crippen LogP contribution in [0.3, 0.4) is 0 Å². The molecule has 0 amide bonds. The first-order valence-corrected chi connectivity index (χ1v) is 5.46. The number of hydrogen-bond donors (Lipinski definition) is 2. The Labute approximate surface area is 99.0 Å². The standard InChI is InChI=1S/C13H14N2O2/c1-8(2)9-3-5-10(6-4-9)11-12(16)14-7-15-13(11)17/h3-8H,1-2H3,(H2,14,15,16,17). The summed E-state index contributed by atoms with van der Waals surface area (Å²) in [5, 5.41) is 9.59. The molecule has 1 heterocycles. The summed E-state index contributed by atoms with van der Waals surface area (Å²) in [6.07, 6.45) is 1.18. The molecule has 88 valence electrons. The second-order valence-corrected chi connectivity index (χ2v) is 4.21. The Morgan fingerprint density at radius 1 is 1.24 bits per heavy atom. The lowest BCUT2D eigenvalue weighted by atomic mass is 10.00. The van der Waals surface area contributed by atoms with Crippen LogP contribution in [0.4, 0.5) is 0 Å². The van der Waals surface area contributed by atoms with Crippen LogP contribution in [0.25, 0.3) is 11.1 Å². The Morgan fingerprint density at radius 2 is 1.88 bits per heavy atom. The Hall–Kier alpha value is -2.10. The van der Waals surface area contributed by atoms with Crippen LogP contribution in [0.15, 0.2) is 35.4 Å². The number of rotatable bonds is 2. The van der Waals surface area contributed by atoms with Crippen molar-refractivity contribution in [3.05, 3.63) is 46.5 Å². The highest BCUT2D eigenvalue weighted by Crippen LogP contribution is 2.24. The number of aromatic hydroxyl groups is 1. The van der Waals surface area contributed by atoms with Gasteiger partial charge in [0.05, 0.1) is 6.33 Å². The van der Waals surface area contributed by atoms with Gasteiger partial charge in [0.1, 0.15) is 5.56 Å². The first-order valence-electron chi connectivity index (χ1n) is 5.46. The second-order valence-electron chi connectivity index (χ2n) is 4.21. The normalized spacial score (nSPS) is 10.8. The lowest BCUT2D eigenvalue weighted by Gasteiger charge is -2.07. The van der Waals surface area contributed by atoms with Crippen molar-refractivity contribution in [2.24, 2.45) is 0 Å². The van der Waals surface area contributed by atoms with E-state index >= 15 is 0 Å². The third-order valence-electron chi connectivity index (χ3n) is 2.70. The molecule has 0 spiro atoms. The van der Waals surface area contributed by atoms with E-state index in [1.54, 1.807) is 0 Å². The zero-order valence-corrected chi connectivity index (χ0v) is 9.77. The molecule has 4 heteroatoms. The van der Waals surface area contributed by atoms with E-state index in [0.29, 0.717) is 11.5 Å². The fraction of sp³-hybridized carbons (Fsp3) is 0.231. The highest BCUT2D eigenvalue weighted by molar-refractivity contribution is 5.67. The van der Waals surface area contributed by atoms with Crippen LogP contribution in [0, 0.1) is 0 Å². The highest BCUT2D eigenvalue weighted by Gasteiger charge is 2.10. The molecule has 0 radical (unpaired) electrons. The van der Waals surface area contributed by atoms with E-state index in [9.17, 15) is 9.90 Å². The monoisotopic (exact) mass is 230 g/mol. The molecule has 0 aliphatic heterocycles. The van der Waals surface area contributed by atoms with Gasteiger partial charge in [0.2, 0.25) is 5.88 Å². The fourth-order valence-corrected chi connectivity index (χ4v) is 1.69. The van der Waals surface area contributed by atoms with Crippen molar-refractivity contribution in [3.63, 3.8) is 0 Å². The van der Waals surface area contributed by atoms with Gasteiger partial charge < -0.3 is 10.1 Å². The molecule has 0 saturated heterocycles. The molecule has 2 aromatic rings. The van der Waals surface area contributed by atoms with E-state index in [2.05, 4.69) is 23.8 Å².